The van der Waals surface area contributed by atoms with Crippen molar-refractivity contribution < 1.29 is 4.42 Å². The molecule has 8 aromatic carbocycles. The van der Waals surface area contributed by atoms with Gasteiger partial charge in [0, 0.05) is 49.5 Å². The highest BCUT2D eigenvalue weighted by Crippen LogP contribution is 2.44. The molecular formula is C53H32N4O. The first-order valence-corrected chi connectivity index (χ1v) is 19.3. The molecule has 0 fully saturated rings. The first kappa shape index (κ1) is 33.3. The van der Waals surface area contributed by atoms with Crippen molar-refractivity contribution in [3.8, 4) is 67.9 Å². The van der Waals surface area contributed by atoms with Crippen LogP contribution in [0.1, 0.15) is 5.56 Å². The van der Waals surface area contributed by atoms with E-state index in [-0.39, 0.29) is 0 Å². The summed E-state index contributed by atoms with van der Waals surface area (Å²) in [6.45, 7) is 0. The summed E-state index contributed by atoms with van der Waals surface area (Å²) < 4.78 is 9.38. The van der Waals surface area contributed by atoms with Gasteiger partial charge in [-0.05, 0) is 47.0 Å². The highest BCUT2D eigenvalue weighted by atomic mass is 16.3. The normalized spacial score (nSPS) is 11.4. The van der Waals surface area contributed by atoms with Crippen molar-refractivity contribution in [2.24, 2.45) is 0 Å². The summed E-state index contributed by atoms with van der Waals surface area (Å²) >= 11 is 0. The zero-order valence-corrected chi connectivity index (χ0v) is 31.2. The van der Waals surface area contributed by atoms with Crippen molar-refractivity contribution in [1.82, 2.24) is 14.5 Å². The van der Waals surface area contributed by atoms with Gasteiger partial charge in [-0.3, -0.25) is 0 Å². The highest BCUT2D eigenvalue weighted by Gasteiger charge is 2.23. The summed E-state index contributed by atoms with van der Waals surface area (Å²) in [5, 5.41) is 15.0. The van der Waals surface area contributed by atoms with Crippen LogP contribution in [-0.2, 0) is 0 Å². The maximum absolute atomic E-state index is 10.6. The Kier molecular flexibility index (Phi) is 7.80. The third-order valence-corrected chi connectivity index (χ3v) is 11.0. The SMILES string of the molecule is N#Cc1c(-c2ccccc2)nc(-c2cc(-c3ccccc3)cc(-n3c4ccccc4c4ccc5c6cccc(-c7ccccc7)c6oc5c43)c2)nc1-c1ccccc1. The van der Waals surface area contributed by atoms with E-state index in [9.17, 15) is 5.26 Å². The minimum Gasteiger partial charge on any atom is -0.453 e. The van der Waals surface area contributed by atoms with Crippen LogP contribution < -0.4 is 0 Å². The van der Waals surface area contributed by atoms with Crippen molar-refractivity contribution in [1.29, 1.82) is 5.26 Å². The Morgan fingerprint density at radius 3 is 1.62 bits per heavy atom. The summed E-state index contributed by atoms with van der Waals surface area (Å²) in [5.74, 6) is 0.526. The molecule has 58 heavy (non-hydrogen) atoms. The average molecular weight is 741 g/mol. The van der Waals surface area contributed by atoms with E-state index in [0.717, 1.165) is 88.4 Å². The molecule has 0 amide bonds. The van der Waals surface area contributed by atoms with Crippen LogP contribution in [0.25, 0.3) is 106 Å². The highest BCUT2D eigenvalue weighted by molar-refractivity contribution is 6.22. The van der Waals surface area contributed by atoms with E-state index in [2.05, 4.69) is 132 Å². The lowest BCUT2D eigenvalue weighted by Gasteiger charge is -2.15. The summed E-state index contributed by atoms with van der Waals surface area (Å²) in [4.78, 5) is 10.4. The molecule has 3 aromatic heterocycles. The van der Waals surface area contributed by atoms with Gasteiger partial charge in [0.05, 0.1) is 22.4 Å². The summed E-state index contributed by atoms with van der Waals surface area (Å²) in [6.07, 6.45) is 0. The van der Waals surface area contributed by atoms with Crippen LogP contribution in [0.15, 0.2) is 199 Å². The minimum absolute atomic E-state index is 0.435. The molecule has 0 atom stereocenters. The van der Waals surface area contributed by atoms with E-state index in [1.165, 1.54) is 0 Å². The van der Waals surface area contributed by atoms with Crippen LogP contribution in [0.2, 0.25) is 0 Å². The number of fused-ring (bicyclic) bond motifs is 7. The smallest absolute Gasteiger partial charge is 0.160 e. The van der Waals surface area contributed by atoms with E-state index in [0.29, 0.717) is 22.8 Å². The molecule has 11 aromatic rings. The lowest BCUT2D eigenvalue weighted by molar-refractivity contribution is 0.672. The Morgan fingerprint density at radius 1 is 0.431 bits per heavy atom. The third-order valence-electron chi connectivity index (χ3n) is 11.0. The molecule has 0 N–H and O–H groups in total. The zero-order chi connectivity index (χ0) is 38.6. The van der Waals surface area contributed by atoms with Crippen molar-refractivity contribution in [2.75, 3.05) is 0 Å². The number of nitriles is 1. The molecule has 11 rings (SSSR count). The molecule has 0 unspecified atom stereocenters. The molecule has 0 aliphatic heterocycles. The maximum Gasteiger partial charge on any atom is 0.160 e. The number of hydrogen-bond acceptors (Lipinski definition) is 4. The molecule has 5 heteroatoms. The van der Waals surface area contributed by atoms with Gasteiger partial charge in [-0.15, -0.1) is 0 Å². The van der Waals surface area contributed by atoms with E-state index in [1.807, 2.05) is 72.8 Å². The van der Waals surface area contributed by atoms with Crippen molar-refractivity contribution in [2.45, 2.75) is 0 Å². The van der Waals surface area contributed by atoms with Crippen molar-refractivity contribution in [3.63, 3.8) is 0 Å². The number of hydrogen-bond donors (Lipinski definition) is 0. The monoisotopic (exact) mass is 740 g/mol. The van der Waals surface area contributed by atoms with Crippen LogP contribution in [0.5, 0.6) is 0 Å². The molecule has 5 nitrogen and oxygen atoms in total. The number of nitrogens with zero attached hydrogens (tertiary/aromatic N) is 4. The second-order valence-corrected chi connectivity index (χ2v) is 14.4. The average Bonchev–Trinajstić information content (AvgIpc) is 3.86. The topological polar surface area (TPSA) is 67.6 Å². The van der Waals surface area contributed by atoms with Gasteiger partial charge in [0.2, 0.25) is 0 Å². The van der Waals surface area contributed by atoms with Crippen LogP contribution in [0, 0.1) is 11.3 Å². The van der Waals surface area contributed by atoms with Crippen molar-refractivity contribution in [3.05, 3.63) is 200 Å². The predicted molar refractivity (Wildman–Crippen MR) is 236 cm³/mol. The lowest BCUT2D eigenvalue weighted by atomic mass is 9.98. The Balaban J connectivity index is 1.23. The first-order valence-electron chi connectivity index (χ1n) is 19.3. The van der Waals surface area contributed by atoms with Crippen LogP contribution >= 0.6 is 0 Å². The summed E-state index contributed by atoms with van der Waals surface area (Å²) in [6, 6.07) is 69.0. The first-order chi connectivity index (χ1) is 28.7. The fourth-order valence-electron chi connectivity index (χ4n) is 8.39. The number of aromatic nitrogens is 3. The number of benzene rings is 8. The second kappa shape index (κ2) is 13.6. The second-order valence-electron chi connectivity index (χ2n) is 14.4. The molecule has 0 bridgehead atoms. The fourth-order valence-corrected chi connectivity index (χ4v) is 8.39. The van der Waals surface area contributed by atoms with Gasteiger partial charge in [0.1, 0.15) is 17.2 Å². The van der Waals surface area contributed by atoms with Gasteiger partial charge in [-0.1, -0.05) is 164 Å². The predicted octanol–water partition coefficient (Wildman–Crippen LogP) is 13.7. The Labute approximate surface area is 334 Å². The van der Waals surface area contributed by atoms with Gasteiger partial charge < -0.3 is 8.98 Å². The van der Waals surface area contributed by atoms with Crippen LogP contribution in [0.3, 0.4) is 0 Å². The third kappa shape index (κ3) is 5.39. The van der Waals surface area contributed by atoms with Gasteiger partial charge in [-0.2, -0.15) is 5.26 Å². The lowest BCUT2D eigenvalue weighted by Crippen LogP contribution is -2.02. The Hall–Kier alpha value is -8.07. The minimum atomic E-state index is 0.435. The molecule has 0 aliphatic rings. The molecular weight excluding hydrogens is 709 g/mol. The summed E-state index contributed by atoms with van der Waals surface area (Å²) in [7, 11) is 0. The molecule has 0 radical (unpaired) electrons. The van der Waals surface area contributed by atoms with Crippen LogP contribution in [0.4, 0.5) is 0 Å². The maximum atomic E-state index is 10.6. The molecule has 3 heterocycles. The van der Waals surface area contributed by atoms with Gasteiger partial charge in [0.25, 0.3) is 0 Å². The fraction of sp³-hybridized carbons (Fsp3) is 0. The number of rotatable bonds is 6. The molecule has 270 valence electrons. The molecule has 0 aliphatic carbocycles. The van der Waals surface area contributed by atoms with E-state index < -0.39 is 0 Å². The molecule has 0 saturated carbocycles. The van der Waals surface area contributed by atoms with E-state index >= 15 is 0 Å². The molecule has 0 saturated heterocycles. The van der Waals surface area contributed by atoms with Crippen LogP contribution in [-0.4, -0.2) is 14.5 Å². The quantitative estimate of drug-likeness (QED) is 0.170. The zero-order valence-electron chi connectivity index (χ0n) is 31.2. The van der Waals surface area contributed by atoms with Crippen molar-refractivity contribution >= 4 is 43.7 Å². The Bertz CT molecular complexity index is 3320. The van der Waals surface area contributed by atoms with Gasteiger partial charge in [-0.25, -0.2) is 9.97 Å². The Morgan fingerprint density at radius 2 is 0.966 bits per heavy atom. The molecule has 0 spiro atoms. The summed E-state index contributed by atoms with van der Waals surface area (Å²) in [5.41, 5.74) is 13.0. The van der Waals surface area contributed by atoms with E-state index in [1.54, 1.807) is 0 Å². The van der Waals surface area contributed by atoms with Gasteiger partial charge >= 0.3 is 0 Å². The number of furan rings is 1. The largest absolute Gasteiger partial charge is 0.453 e. The van der Waals surface area contributed by atoms with Gasteiger partial charge in [0.15, 0.2) is 11.4 Å². The number of para-hydroxylation sites is 2. The standard InChI is InChI=1S/C53H32N4O/c54-33-46-48(36-20-9-3-10-21-36)55-53(56-49(46)37-22-11-4-12-23-37)39-30-38(34-16-5-1-6-17-34)31-40(32-39)57-47-27-14-13-24-42(47)43-28-29-45-44-26-15-25-41(35-18-7-2-8-19-35)51(44)58-52(45)50(43)57/h1-32H. The van der Waals surface area contributed by atoms with E-state index in [4.69, 9.17) is 14.4 Å².